The van der Waals surface area contributed by atoms with E-state index in [1.54, 1.807) is 13.8 Å². The summed E-state index contributed by atoms with van der Waals surface area (Å²) in [6.07, 6.45) is 0.0982. The first-order valence-corrected chi connectivity index (χ1v) is 7.90. The van der Waals surface area contributed by atoms with E-state index in [4.69, 9.17) is 19.9 Å². The zero-order chi connectivity index (χ0) is 18.1. The van der Waals surface area contributed by atoms with Crippen molar-refractivity contribution < 1.29 is 33.4 Å². The molecule has 9 heteroatoms. The van der Waals surface area contributed by atoms with Crippen LogP contribution in [0.15, 0.2) is 0 Å². The second kappa shape index (κ2) is 9.86. The van der Waals surface area contributed by atoms with Gasteiger partial charge in [-0.2, -0.15) is 0 Å². The summed E-state index contributed by atoms with van der Waals surface area (Å²) in [5.74, 6) is -4.51. The number of nitrogens with one attached hydrogen (secondary N) is 1. The van der Waals surface area contributed by atoms with Gasteiger partial charge in [0.05, 0.1) is 38.1 Å². The van der Waals surface area contributed by atoms with E-state index in [-0.39, 0.29) is 19.8 Å². The van der Waals surface area contributed by atoms with Crippen molar-refractivity contribution in [1.82, 2.24) is 5.32 Å². The van der Waals surface area contributed by atoms with Gasteiger partial charge in [0.25, 0.3) is 0 Å². The smallest absolute Gasteiger partial charge is 0.312 e. The summed E-state index contributed by atoms with van der Waals surface area (Å²) < 4.78 is 14.8. The molecule has 9 nitrogen and oxygen atoms in total. The maximum Gasteiger partial charge on any atom is 0.312 e. The van der Waals surface area contributed by atoms with Crippen molar-refractivity contribution in [2.75, 3.05) is 26.4 Å². The van der Waals surface area contributed by atoms with Gasteiger partial charge in [0.1, 0.15) is 6.04 Å². The van der Waals surface area contributed by atoms with E-state index in [2.05, 4.69) is 5.32 Å². The van der Waals surface area contributed by atoms with Gasteiger partial charge in [-0.05, 0) is 20.3 Å². The first-order chi connectivity index (χ1) is 11.4. The summed E-state index contributed by atoms with van der Waals surface area (Å²) in [6.45, 7) is 4.08. The van der Waals surface area contributed by atoms with Crippen molar-refractivity contribution in [3.05, 3.63) is 0 Å². The topological polar surface area (TPSA) is 134 Å². The fourth-order valence-corrected chi connectivity index (χ4v) is 2.37. The van der Waals surface area contributed by atoms with Gasteiger partial charge < -0.3 is 25.3 Å². The highest BCUT2D eigenvalue weighted by Crippen LogP contribution is 2.17. The quantitative estimate of drug-likeness (QED) is 0.519. The minimum atomic E-state index is -1.36. The van der Waals surface area contributed by atoms with Crippen LogP contribution in [0.4, 0.5) is 0 Å². The van der Waals surface area contributed by atoms with E-state index in [0.717, 1.165) is 0 Å². The maximum absolute atomic E-state index is 12.2. The lowest BCUT2D eigenvalue weighted by atomic mass is 9.94. The van der Waals surface area contributed by atoms with Crippen LogP contribution in [0.5, 0.6) is 0 Å². The van der Waals surface area contributed by atoms with Crippen molar-refractivity contribution in [3.63, 3.8) is 0 Å². The van der Waals surface area contributed by atoms with Crippen LogP contribution < -0.4 is 11.1 Å². The molecule has 0 aromatic carbocycles. The first-order valence-electron chi connectivity index (χ1n) is 7.90. The van der Waals surface area contributed by atoms with Crippen LogP contribution in [-0.2, 0) is 33.4 Å². The van der Waals surface area contributed by atoms with Crippen LogP contribution in [-0.4, -0.2) is 56.2 Å². The van der Waals surface area contributed by atoms with Crippen LogP contribution >= 0.6 is 0 Å². The van der Waals surface area contributed by atoms with Crippen LogP contribution in [0.1, 0.15) is 26.7 Å². The molecule has 136 valence electrons. The van der Waals surface area contributed by atoms with Crippen molar-refractivity contribution in [3.8, 4) is 0 Å². The third-order valence-corrected chi connectivity index (χ3v) is 3.59. The summed E-state index contributed by atoms with van der Waals surface area (Å²) >= 11 is 0. The van der Waals surface area contributed by atoms with Gasteiger partial charge in [-0.1, -0.05) is 0 Å². The third-order valence-electron chi connectivity index (χ3n) is 3.59. The van der Waals surface area contributed by atoms with Gasteiger partial charge in [-0.25, -0.2) is 0 Å². The Morgan fingerprint density at radius 2 is 1.88 bits per heavy atom. The zero-order valence-electron chi connectivity index (χ0n) is 13.9. The normalized spacial score (nSPS) is 19.2. The number of hydrogen-bond acceptors (Lipinski definition) is 7. The van der Waals surface area contributed by atoms with Crippen LogP contribution in [0.2, 0.25) is 0 Å². The molecular weight excluding hydrogens is 320 g/mol. The maximum atomic E-state index is 12.2. The van der Waals surface area contributed by atoms with E-state index in [1.807, 2.05) is 0 Å². The number of primary amides is 1. The van der Waals surface area contributed by atoms with Gasteiger partial charge in [0.2, 0.25) is 11.8 Å². The number of ether oxygens (including phenoxy) is 3. The highest BCUT2D eigenvalue weighted by molar-refractivity contribution is 5.93. The van der Waals surface area contributed by atoms with Gasteiger partial charge in [-0.3, -0.25) is 19.2 Å². The molecule has 0 saturated carbocycles. The van der Waals surface area contributed by atoms with Crippen LogP contribution in [0, 0.1) is 11.8 Å². The second-order valence-corrected chi connectivity index (χ2v) is 5.32. The lowest BCUT2D eigenvalue weighted by Gasteiger charge is -2.24. The Labute approximate surface area is 140 Å². The fourth-order valence-electron chi connectivity index (χ4n) is 2.37. The summed E-state index contributed by atoms with van der Waals surface area (Å²) in [6, 6.07) is -1.36. The van der Waals surface area contributed by atoms with Crippen LogP contribution in [0.25, 0.3) is 0 Å². The molecule has 24 heavy (non-hydrogen) atoms. The molecule has 0 aromatic heterocycles. The molecule has 0 aliphatic carbocycles. The predicted octanol–water partition coefficient (Wildman–Crippen LogP) is -0.874. The Hall–Kier alpha value is -2.16. The van der Waals surface area contributed by atoms with Crippen LogP contribution in [0.3, 0.4) is 0 Å². The number of esters is 2. The molecule has 1 aliphatic rings. The number of carbonyl (C=O) groups excluding carboxylic acids is 4. The van der Waals surface area contributed by atoms with Crippen molar-refractivity contribution >= 4 is 23.8 Å². The Bertz CT molecular complexity index is 474. The highest BCUT2D eigenvalue weighted by Gasteiger charge is 2.38. The number of rotatable bonds is 9. The SMILES string of the molecule is CCOC(=O)C[C@@H](C(=O)OCC)[C@H](NC(=O)[C@H]1CCOC1)C(N)=O. The van der Waals surface area contributed by atoms with Gasteiger partial charge in [0.15, 0.2) is 0 Å². The highest BCUT2D eigenvalue weighted by atomic mass is 16.5. The minimum Gasteiger partial charge on any atom is -0.466 e. The lowest BCUT2D eigenvalue weighted by molar-refractivity contribution is -0.157. The molecule has 1 saturated heterocycles. The summed E-state index contributed by atoms with van der Waals surface area (Å²) in [4.78, 5) is 47.8. The Morgan fingerprint density at radius 1 is 1.21 bits per heavy atom. The molecule has 0 radical (unpaired) electrons. The van der Waals surface area contributed by atoms with E-state index >= 15 is 0 Å². The first kappa shape index (κ1) is 19.9. The molecule has 1 aliphatic heterocycles. The second-order valence-electron chi connectivity index (χ2n) is 5.32. The molecule has 1 rings (SSSR count). The molecule has 0 spiro atoms. The van der Waals surface area contributed by atoms with E-state index in [9.17, 15) is 19.2 Å². The monoisotopic (exact) mass is 344 g/mol. The fraction of sp³-hybridized carbons (Fsp3) is 0.733. The number of carbonyl (C=O) groups is 4. The van der Waals surface area contributed by atoms with Gasteiger partial charge in [0, 0.05) is 6.61 Å². The summed E-state index contributed by atoms with van der Waals surface area (Å²) in [5.41, 5.74) is 5.32. The van der Waals surface area contributed by atoms with E-state index in [1.165, 1.54) is 0 Å². The Kier molecular flexibility index (Phi) is 8.17. The molecule has 0 bridgehead atoms. The number of hydrogen-bond donors (Lipinski definition) is 2. The standard InChI is InChI=1S/C15H24N2O7/c1-3-23-11(18)7-10(15(21)24-4-2)12(13(16)19)17-14(20)9-5-6-22-8-9/h9-10,12H,3-8H2,1-2H3,(H2,16,19)(H,17,20)/t9-,10+,12-/m0/s1. The Balaban J connectivity index is 2.89. The van der Waals surface area contributed by atoms with Crippen molar-refractivity contribution in [1.29, 1.82) is 0 Å². The molecule has 3 atom stereocenters. The largest absolute Gasteiger partial charge is 0.466 e. The van der Waals surface area contributed by atoms with Gasteiger partial charge >= 0.3 is 11.9 Å². The molecule has 1 fully saturated rings. The predicted molar refractivity (Wildman–Crippen MR) is 81.4 cm³/mol. The minimum absolute atomic E-state index is 0.0635. The van der Waals surface area contributed by atoms with Crippen molar-refractivity contribution in [2.24, 2.45) is 17.6 Å². The van der Waals surface area contributed by atoms with Crippen molar-refractivity contribution in [2.45, 2.75) is 32.7 Å². The molecule has 1 heterocycles. The molecular formula is C15H24N2O7. The average Bonchev–Trinajstić information content (AvgIpc) is 3.05. The molecule has 3 N–H and O–H groups in total. The molecule has 0 unspecified atom stereocenters. The van der Waals surface area contributed by atoms with E-state index < -0.39 is 48.1 Å². The summed E-state index contributed by atoms with van der Waals surface area (Å²) in [5, 5.41) is 2.44. The third kappa shape index (κ3) is 5.80. The molecule has 0 aromatic rings. The average molecular weight is 344 g/mol. The van der Waals surface area contributed by atoms with Gasteiger partial charge in [-0.15, -0.1) is 0 Å². The Morgan fingerprint density at radius 3 is 2.38 bits per heavy atom. The molecule has 2 amide bonds. The van der Waals surface area contributed by atoms with E-state index in [0.29, 0.717) is 13.0 Å². The number of nitrogens with two attached hydrogens (primary N) is 1. The lowest BCUT2D eigenvalue weighted by Crippen LogP contribution is -2.53. The number of amides is 2. The summed E-state index contributed by atoms with van der Waals surface area (Å²) in [7, 11) is 0. The zero-order valence-corrected chi connectivity index (χ0v) is 13.9.